The van der Waals surface area contributed by atoms with Crippen LogP contribution in [-0.2, 0) is 52.2 Å². The molecular formula is C48H74O20. The Morgan fingerprint density at radius 2 is 1.40 bits per heavy atom. The van der Waals surface area contributed by atoms with Crippen molar-refractivity contribution in [2.24, 2.45) is 39.4 Å². The SMILES string of the molecule is C=C(C)C1C2CC3(C)C4=CCC5C(C)(C)C(OC6OCC(O)C(O)C6OC6OC(C)C(OC7OC(CO)C(O)C(OC8OCC(O)C(OC)C8O)C7O)C(O)C6O)CCC5(C)C4CCC13C(=O)O2. The molecule has 3 saturated carbocycles. The van der Waals surface area contributed by atoms with E-state index in [1.54, 1.807) is 0 Å². The van der Waals surface area contributed by atoms with Gasteiger partial charge in [-0.05, 0) is 75.0 Å². The zero-order chi connectivity index (χ0) is 49.2. The number of carbonyl (C=O) groups is 1. The fraction of sp³-hybridized carbons (Fsp3) is 0.896. The fourth-order valence-electron chi connectivity index (χ4n) is 14.7. The minimum atomic E-state index is -1.84. The number of carbonyl (C=O) groups excluding carboxylic acids is 1. The molecule has 386 valence electrons. The van der Waals surface area contributed by atoms with E-state index in [0.717, 1.165) is 37.7 Å². The molecule has 26 atom stereocenters. The van der Waals surface area contributed by atoms with Crippen LogP contribution in [0.3, 0.4) is 0 Å². The lowest BCUT2D eigenvalue weighted by molar-refractivity contribution is -0.387. The highest BCUT2D eigenvalue weighted by Crippen LogP contribution is 2.76. The molecule has 9 N–H and O–H groups in total. The smallest absolute Gasteiger partial charge is 0.314 e. The molecule has 5 heterocycles. The highest BCUT2D eigenvalue weighted by atomic mass is 16.8. The number of rotatable bonds is 11. The summed E-state index contributed by atoms with van der Waals surface area (Å²) in [6, 6.07) is 0. The average molecular weight is 971 g/mol. The van der Waals surface area contributed by atoms with Gasteiger partial charge in [0.05, 0.1) is 37.4 Å². The van der Waals surface area contributed by atoms with Crippen LogP contribution < -0.4 is 0 Å². The molecule has 68 heavy (non-hydrogen) atoms. The third kappa shape index (κ3) is 7.82. The molecule has 0 aromatic rings. The second-order valence-electron chi connectivity index (χ2n) is 22.2. The van der Waals surface area contributed by atoms with Gasteiger partial charge in [0.15, 0.2) is 25.2 Å². The Morgan fingerprint density at radius 1 is 0.750 bits per heavy atom. The van der Waals surface area contributed by atoms with Crippen LogP contribution in [0, 0.1) is 39.4 Å². The predicted molar refractivity (Wildman–Crippen MR) is 231 cm³/mol. The minimum Gasteiger partial charge on any atom is -0.461 e. The summed E-state index contributed by atoms with van der Waals surface area (Å²) in [5.74, 6) is 0.355. The third-order valence-corrected chi connectivity index (χ3v) is 18.2. The zero-order valence-electron chi connectivity index (χ0n) is 39.9. The molecule has 9 aliphatic rings. The van der Waals surface area contributed by atoms with Crippen LogP contribution in [0.5, 0.6) is 0 Å². The molecule has 5 aliphatic heterocycles. The van der Waals surface area contributed by atoms with E-state index in [9.17, 15) is 50.8 Å². The number of ether oxygens (including phenoxy) is 10. The van der Waals surface area contributed by atoms with Crippen molar-refractivity contribution in [2.45, 2.75) is 203 Å². The van der Waals surface area contributed by atoms with Crippen molar-refractivity contribution in [3.63, 3.8) is 0 Å². The lowest BCUT2D eigenvalue weighted by Crippen LogP contribution is -2.66. The number of aliphatic hydroxyl groups is 9. The van der Waals surface area contributed by atoms with E-state index in [2.05, 4.69) is 40.3 Å². The number of esters is 1. The predicted octanol–water partition coefficient (Wildman–Crippen LogP) is -0.699. The van der Waals surface area contributed by atoms with Crippen molar-refractivity contribution < 1.29 is 98.1 Å². The van der Waals surface area contributed by atoms with Gasteiger partial charge in [-0.1, -0.05) is 51.5 Å². The van der Waals surface area contributed by atoms with Crippen molar-refractivity contribution in [2.75, 3.05) is 26.9 Å². The van der Waals surface area contributed by atoms with Gasteiger partial charge in [0.1, 0.15) is 85.5 Å². The van der Waals surface area contributed by atoms with E-state index in [1.807, 2.05) is 6.92 Å². The van der Waals surface area contributed by atoms with Gasteiger partial charge in [0.25, 0.3) is 0 Å². The maximum atomic E-state index is 13.7. The molecule has 8 fully saturated rings. The summed E-state index contributed by atoms with van der Waals surface area (Å²) in [5.41, 5.74) is 0.927. The van der Waals surface area contributed by atoms with Gasteiger partial charge in [-0.25, -0.2) is 0 Å². The number of allylic oxidation sites excluding steroid dienone is 2. The number of methoxy groups -OCH3 is 1. The van der Waals surface area contributed by atoms with E-state index < -0.39 is 128 Å². The third-order valence-electron chi connectivity index (χ3n) is 18.2. The molecule has 0 aromatic heterocycles. The minimum absolute atomic E-state index is 0.00663. The number of fused-ring (bicyclic) bond motifs is 5. The highest BCUT2D eigenvalue weighted by molar-refractivity contribution is 5.84. The molecule has 9 rings (SSSR count). The Morgan fingerprint density at radius 3 is 2.09 bits per heavy atom. The standard InChI is InChI=1S/C48H74O20/c1-19(2)29-25-15-47(7)22-9-10-27-45(4,5)28(12-13-46(27,6)21(22)11-14-48(29,47)44(58)64-25)65-43-39(30(52)23(50)17-61-43)68-41-33(55)32(54)36(20(3)62-41)66-42-35(57)38(31(53)26(16-49)63-42)67-40-34(56)37(59-8)24(51)18-60-40/h9,20-21,23-43,49-57H,1,10-18H2,2-8H3. The van der Waals surface area contributed by atoms with Gasteiger partial charge >= 0.3 is 5.97 Å². The van der Waals surface area contributed by atoms with E-state index in [-0.39, 0.29) is 60.0 Å². The topological polar surface area (TPSA) is 291 Å². The molecule has 4 aliphatic carbocycles. The molecule has 20 heteroatoms. The molecule has 0 aromatic carbocycles. The van der Waals surface area contributed by atoms with E-state index in [4.69, 9.17) is 47.4 Å². The van der Waals surface area contributed by atoms with Gasteiger partial charge in [-0.2, -0.15) is 0 Å². The summed E-state index contributed by atoms with van der Waals surface area (Å²) < 4.78 is 59.1. The molecule has 26 unspecified atom stereocenters. The lowest BCUT2D eigenvalue weighted by Gasteiger charge is -2.64. The Hall–Kier alpha value is -1.77. The van der Waals surface area contributed by atoms with E-state index in [1.165, 1.54) is 19.6 Å². The Labute approximate surface area is 396 Å². The summed E-state index contributed by atoms with van der Waals surface area (Å²) in [6.45, 7) is 15.5. The highest BCUT2D eigenvalue weighted by Gasteiger charge is 2.76. The monoisotopic (exact) mass is 970 g/mol. The first-order valence-corrected chi connectivity index (χ1v) is 24.4. The summed E-state index contributed by atoms with van der Waals surface area (Å²) in [7, 11) is 1.27. The molecule has 1 spiro atoms. The number of hydrogen-bond donors (Lipinski definition) is 9. The summed E-state index contributed by atoms with van der Waals surface area (Å²) in [6.07, 6.45) is -20.3. The first-order valence-electron chi connectivity index (χ1n) is 24.4. The second kappa shape index (κ2) is 18.6. The second-order valence-corrected chi connectivity index (χ2v) is 22.2. The van der Waals surface area contributed by atoms with Gasteiger partial charge in [-0.15, -0.1) is 0 Å². The van der Waals surface area contributed by atoms with Crippen molar-refractivity contribution in [1.29, 1.82) is 0 Å². The van der Waals surface area contributed by atoms with Crippen LogP contribution >= 0.6 is 0 Å². The van der Waals surface area contributed by atoms with E-state index >= 15 is 0 Å². The zero-order valence-corrected chi connectivity index (χ0v) is 39.9. The summed E-state index contributed by atoms with van der Waals surface area (Å²) in [5, 5.41) is 98.5. The largest absolute Gasteiger partial charge is 0.461 e. The van der Waals surface area contributed by atoms with Crippen molar-refractivity contribution >= 4 is 5.97 Å². The molecule has 2 bridgehead atoms. The van der Waals surface area contributed by atoms with Gasteiger partial charge < -0.3 is 93.3 Å². The van der Waals surface area contributed by atoms with Crippen LogP contribution in [0.2, 0.25) is 0 Å². The van der Waals surface area contributed by atoms with Crippen molar-refractivity contribution in [1.82, 2.24) is 0 Å². The van der Waals surface area contributed by atoms with Crippen molar-refractivity contribution in [3.05, 3.63) is 23.8 Å². The number of aliphatic hydroxyl groups excluding tert-OH is 9. The normalized spacial score (nSPS) is 54.3. The Kier molecular flexibility index (Phi) is 14.0. The van der Waals surface area contributed by atoms with Crippen LogP contribution in [-0.4, -0.2) is 202 Å². The Bertz CT molecular complexity index is 1900. The maximum absolute atomic E-state index is 13.7. The van der Waals surface area contributed by atoms with Gasteiger partial charge in [-0.3, -0.25) is 4.79 Å². The molecular weight excluding hydrogens is 897 g/mol. The van der Waals surface area contributed by atoms with Crippen molar-refractivity contribution in [3.8, 4) is 0 Å². The van der Waals surface area contributed by atoms with Crippen LogP contribution in [0.1, 0.15) is 80.1 Å². The Balaban J connectivity index is 0.871. The van der Waals surface area contributed by atoms with Gasteiger partial charge in [0.2, 0.25) is 0 Å². The lowest BCUT2D eigenvalue weighted by atomic mass is 9.40. The summed E-state index contributed by atoms with van der Waals surface area (Å²) in [4.78, 5) is 13.7. The van der Waals surface area contributed by atoms with Crippen LogP contribution in [0.15, 0.2) is 23.8 Å². The first-order chi connectivity index (χ1) is 32.0. The maximum Gasteiger partial charge on any atom is 0.314 e. The first kappa shape index (κ1) is 51.1. The van der Waals surface area contributed by atoms with Crippen LogP contribution in [0.4, 0.5) is 0 Å². The number of hydrogen-bond acceptors (Lipinski definition) is 20. The van der Waals surface area contributed by atoms with Crippen LogP contribution in [0.25, 0.3) is 0 Å². The molecule has 5 saturated heterocycles. The van der Waals surface area contributed by atoms with E-state index in [0.29, 0.717) is 6.42 Å². The quantitative estimate of drug-likeness (QED) is 0.0914. The fourth-order valence-corrected chi connectivity index (χ4v) is 14.7. The molecule has 0 amide bonds. The summed E-state index contributed by atoms with van der Waals surface area (Å²) >= 11 is 0. The molecule has 20 nitrogen and oxygen atoms in total. The average Bonchev–Trinajstić information content (AvgIpc) is 3.72. The van der Waals surface area contributed by atoms with Gasteiger partial charge in [0, 0.05) is 18.4 Å². The molecule has 0 radical (unpaired) electrons.